The van der Waals surface area contributed by atoms with E-state index >= 15 is 0 Å². The number of nitrogens with one attached hydrogen (secondary N) is 2. The van der Waals surface area contributed by atoms with Crippen molar-refractivity contribution in [3.8, 4) is 0 Å². The number of carbonyl (C=O) groups is 1. The quantitative estimate of drug-likeness (QED) is 0.754. The van der Waals surface area contributed by atoms with Crippen LogP contribution in [-0.2, 0) is 14.3 Å². The van der Waals surface area contributed by atoms with Gasteiger partial charge in [0.25, 0.3) is 5.91 Å². The SMILES string of the molecule is Cc1cccc2c1C(=CNc1ccc(N3CCC4(CC3)OCCO4)c(F)c1)C(=O)N2. The van der Waals surface area contributed by atoms with E-state index in [1.54, 1.807) is 12.3 Å². The van der Waals surface area contributed by atoms with Crippen LogP contribution in [0.4, 0.5) is 21.5 Å². The first-order chi connectivity index (χ1) is 14.5. The second-order valence-corrected chi connectivity index (χ2v) is 7.91. The van der Waals surface area contributed by atoms with Crippen LogP contribution < -0.4 is 15.5 Å². The molecule has 3 aliphatic rings. The van der Waals surface area contributed by atoms with Gasteiger partial charge in [0.1, 0.15) is 5.82 Å². The van der Waals surface area contributed by atoms with E-state index in [-0.39, 0.29) is 11.7 Å². The highest BCUT2D eigenvalue weighted by Gasteiger charge is 2.40. The lowest BCUT2D eigenvalue weighted by Crippen LogP contribution is -2.45. The molecule has 2 fully saturated rings. The van der Waals surface area contributed by atoms with Gasteiger partial charge >= 0.3 is 0 Å². The van der Waals surface area contributed by atoms with E-state index < -0.39 is 5.79 Å². The molecule has 0 aromatic heterocycles. The van der Waals surface area contributed by atoms with Crippen molar-refractivity contribution in [1.82, 2.24) is 0 Å². The van der Waals surface area contributed by atoms with Crippen molar-refractivity contribution < 1.29 is 18.7 Å². The highest BCUT2D eigenvalue weighted by molar-refractivity contribution is 6.32. The number of amides is 1. The highest BCUT2D eigenvalue weighted by Crippen LogP contribution is 2.36. The number of benzene rings is 2. The first-order valence-corrected chi connectivity index (χ1v) is 10.3. The molecule has 5 rings (SSSR count). The maximum atomic E-state index is 14.8. The van der Waals surface area contributed by atoms with Crippen LogP contribution in [0.25, 0.3) is 5.57 Å². The molecule has 2 saturated heterocycles. The van der Waals surface area contributed by atoms with E-state index in [4.69, 9.17) is 9.47 Å². The molecule has 2 aromatic carbocycles. The summed E-state index contributed by atoms with van der Waals surface area (Å²) in [6, 6.07) is 10.8. The molecule has 6 nitrogen and oxygen atoms in total. The second-order valence-electron chi connectivity index (χ2n) is 7.91. The van der Waals surface area contributed by atoms with Crippen LogP contribution in [0.5, 0.6) is 0 Å². The predicted molar refractivity (Wildman–Crippen MR) is 114 cm³/mol. The molecule has 1 amide bonds. The maximum absolute atomic E-state index is 14.8. The van der Waals surface area contributed by atoms with E-state index in [1.807, 2.05) is 36.1 Å². The van der Waals surface area contributed by atoms with Crippen molar-refractivity contribution in [2.24, 2.45) is 0 Å². The van der Waals surface area contributed by atoms with Crippen LogP contribution in [0, 0.1) is 12.7 Å². The molecular weight excluding hydrogens is 385 g/mol. The minimum atomic E-state index is -0.475. The number of hydrogen-bond acceptors (Lipinski definition) is 5. The van der Waals surface area contributed by atoms with E-state index in [0.29, 0.717) is 43.3 Å². The normalized spacial score (nSPS) is 21.2. The number of nitrogens with zero attached hydrogens (tertiary/aromatic N) is 1. The third kappa shape index (κ3) is 3.34. The molecule has 0 radical (unpaired) electrons. The van der Waals surface area contributed by atoms with E-state index in [9.17, 15) is 9.18 Å². The molecule has 0 atom stereocenters. The third-order valence-electron chi connectivity index (χ3n) is 6.05. The fourth-order valence-electron chi connectivity index (χ4n) is 4.45. The summed E-state index contributed by atoms with van der Waals surface area (Å²) in [6.07, 6.45) is 3.10. The molecule has 156 valence electrons. The first-order valence-electron chi connectivity index (χ1n) is 10.3. The Morgan fingerprint density at radius 1 is 1.17 bits per heavy atom. The van der Waals surface area contributed by atoms with E-state index in [2.05, 4.69) is 10.6 Å². The van der Waals surface area contributed by atoms with Crippen LogP contribution in [0.1, 0.15) is 24.0 Å². The minimum absolute atomic E-state index is 0.164. The smallest absolute Gasteiger partial charge is 0.257 e. The zero-order chi connectivity index (χ0) is 20.7. The number of carbonyl (C=O) groups excluding carboxylic acids is 1. The summed E-state index contributed by atoms with van der Waals surface area (Å²) in [5.74, 6) is -0.936. The second kappa shape index (κ2) is 7.41. The summed E-state index contributed by atoms with van der Waals surface area (Å²) in [4.78, 5) is 14.3. The van der Waals surface area contributed by atoms with Gasteiger partial charge in [0.15, 0.2) is 5.79 Å². The van der Waals surface area contributed by atoms with Gasteiger partial charge in [0.05, 0.1) is 24.5 Å². The zero-order valence-electron chi connectivity index (χ0n) is 16.8. The van der Waals surface area contributed by atoms with Gasteiger partial charge in [-0.1, -0.05) is 12.1 Å². The average Bonchev–Trinajstić information content (AvgIpc) is 3.32. The van der Waals surface area contributed by atoms with E-state index in [0.717, 1.165) is 29.7 Å². The van der Waals surface area contributed by atoms with Gasteiger partial charge in [0.2, 0.25) is 0 Å². The number of hydrogen-bond donors (Lipinski definition) is 2. The van der Waals surface area contributed by atoms with Gasteiger partial charge < -0.3 is 25.0 Å². The molecule has 0 saturated carbocycles. The molecular formula is C23H24FN3O3. The van der Waals surface area contributed by atoms with Gasteiger partial charge in [0, 0.05) is 49.1 Å². The van der Waals surface area contributed by atoms with Gasteiger partial charge in [-0.2, -0.15) is 0 Å². The maximum Gasteiger partial charge on any atom is 0.257 e. The Bertz CT molecular complexity index is 1020. The number of ether oxygens (including phenoxy) is 2. The van der Waals surface area contributed by atoms with Crippen LogP contribution in [0.3, 0.4) is 0 Å². The van der Waals surface area contributed by atoms with Crippen molar-refractivity contribution in [2.45, 2.75) is 25.6 Å². The number of aryl methyl sites for hydroxylation is 1. The topological polar surface area (TPSA) is 62.8 Å². The largest absolute Gasteiger partial charge is 0.369 e. The number of fused-ring (bicyclic) bond motifs is 1. The van der Waals surface area contributed by atoms with Crippen LogP contribution in [-0.4, -0.2) is 38.0 Å². The first kappa shape index (κ1) is 19.1. The predicted octanol–water partition coefficient (Wildman–Crippen LogP) is 3.88. The fraction of sp³-hybridized carbons (Fsp3) is 0.348. The standard InChI is InChI=1S/C23H24FN3O3/c1-15-3-2-4-19-21(15)17(22(28)26-19)14-25-16-5-6-20(18(24)13-16)27-9-7-23(8-10-27)29-11-12-30-23/h2-6,13-14,25H,7-12H2,1H3,(H,26,28). The molecule has 0 unspecified atom stereocenters. The fourth-order valence-corrected chi connectivity index (χ4v) is 4.45. The molecule has 2 aromatic rings. The summed E-state index contributed by atoms with van der Waals surface area (Å²) in [6.45, 7) is 4.60. The van der Waals surface area contributed by atoms with Gasteiger partial charge in [-0.05, 0) is 36.8 Å². The van der Waals surface area contributed by atoms with Crippen LogP contribution in [0.15, 0.2) is 42.6 Å². The number of piperidine rings is 1. The lowest BCUT2D eigenvalue weighted by atomic mass is 10.0. The molecule has 0 bridgehead atoms. The van der Waals surface area contributed by atoms with Crippen LogP contribution in [0.2, 0.25) is 0 Å². The highest BCUT2D eigenvalue weighted by atomic mass is 19.1. The Morgan fingerprint density at radius 2 is 1.93 bits per heavy atom. The van der Waals surface area contributed by atoms with Crippen molar-refractivity contribution in [3.05, 3.63) is 59.5 Å². The summed E-state index contributed by atoms with van der Waals surface area (Å²) < 4.78 is 26.3. The van der Waals surface area contributed by atoms with Crippen molar-refractivity contribution in [3.63, 3.8) is 0 Å². The monoisotopic (exact) mass is 409 g/mol. The molecule has 30 heavy (non-hydrogen) atoms. The lowest BCUT2D eigenvalue weighted by Gasteiger charge is -2.38. The Kier molecular flexibility index (Phi) is 4.72. The Hall–Kier alpha value is -2.90. The van der Waals surface area contributed by atoms with Gasteiger partial charge in [-0.25, -0.2) is 4.39 Å². The minimum Gasteiger partial charge on any atom is -0.369 e. The molecule has 3 aliphatic heterocycles. The van der Waals surface area contributed by atoms with Crippen molar-refractivity contribution >= 4 is 28.5 Å². The molecule has 7 heteroatoms. The zero-order valence-corrected chi connectivity index (χ0v) is 16.8. The summed E-state index contributed by atoms with van der Waals surface area (Å²) in [5.41, 5.74) is 4.40. The molecule has 2 N–H and O–H groups in total. The number of halogens is 1. The Labute approximate surface area is 174 Å². The molecule has 0 aliphatic carbocycles. The summed E-state index contributed by atoms with van der Waals surface area (Å²) in [5, 5.41) is 5.93. The summed E-state index contributed by atoms with van der Waals surface area (Å²) in [7, 11) is 0. The van der Waals surface area contributed by atoms with Gasteiger partial charge in [-0.15, -0.1) is 0 Å². The van der Waals surface area contributed by atoms with Gasteiger partial charge in [-0.3, -0.25) is 4.79 Å². The van der Waals surface area contributed by atoms with Crippen LogP contribution >= 0.6 is 0 Å². The lowest BCUT2D eigenvalue weighted by molar-refractivity contribution is -0.169. The Balaban J connectivity index is 1.30. The van der Waals surface area contributed by atoms with Crippen molar-refractivity contribution in [1.29, 1.82) is 0 Å². The molecule has 1 spiro atoms. The van der Waals surface area contributed by atoms with Crippen molar-refractivity contribution in [2.75, 3.05) is 41.8 Å². The molecule has 3 heterocycles. The third-order valence-corrected chi connectivity index (χ3v) is 6.05. The number of anilines is 3. The summed E-state index contributed by atoms with van der Waals surface area (Å²) >= 11 is 0. The van der Waals surface area contributed by atoms with E-state index in [1.165, 1.54) is 6.07 Å². The number of rotatable bonds is 3. The Morgan fingerprint density at radius 3 is 2.67 bits per heavy atom. The average molecular weight is 409 g/mol.